The van der Waals surface area contributed by atoms with Crippen molar-refractivity contribution in [1.82, 2.24) is 9.55 Å². The van der Waals surface area contributed by atoms with Gasteiger partial charge in [0, 0.05) is 12.2 Å². The molecule has 1 saturated carbocycles. The smallest absolute Gasteiger partial charge is 0.106 e. The van der Waals surface area contributed by atoms with Crippen molar-refractivity contribution in [2.45, 2.75) is 26.3 Å². The molecule has 1 aliphatic rings. The number of fused-ring (bicyclic) bond motifs is 1. The van der Waals surface area contributed by atoms with Gasteiger partial charge < -0.3 is 10.3 Å². The van der Waals surface area contributed by atoms with E-state index in [1.807, 2.05) is 12.1 Å². The van der Waals surface area contributed by atoms with Crippen molar-refractivity contribution >= 4 is 16.7 Å². The average Bonchev–Trinajstić information content (AvgIpc) is 2.93. The van der Waals surface area contributed by atoms with Crippen LogP contribution >= 0.6 is 0 Å². The SMILES string of the molecule is Cc1nc2cc(N)ccc2n1CC1CC1. The molecule has 1 aromatic heterocycles. The Morgan fingerprint density at radius 3 is 3.00 bits per heavy atom. The minimum Gasteiger partial charge on any atom is -0.399 e. The highest BCUT2D eigenvalue weighted by atomic mass is 15.1. The first-order valence-corrected chi connectivity index (χ1v) is 5.46. The van der Waals surface area contributed by atoms with E-state index in [-0.39, 0.29) is 0 Å². The van der Waals surface area contributed by atoms with E-state index >= 15 is 0 Å². The molecule has 1 heterocycles. The van der Waals surface area contributed by atoms with Crippen LogP contribution in [0, 0.1) is 12.8 Å². The van der Waals surface area contributed by atoms with Crippen molar-refractivity contribution in [3.63, 3.8) is 0 Å². The van der Waals surface area contributed by atoms with Gasteiger partial charge in [-0.1, -0.05) is 0 Å². The number of benzene rings is 1. The Labute approximate surface area is 88.9 Å². The third-order valence-corrected chi connectivity index (χ3v) is 3.10. The standard InChI is InChI=1S/C12H15N3/c1-8-14-11-6-10(13)4-5-12(11)15(8)7-9-2-3-9/h4-6,9H,2-3,7,13H2,1H3. The number of aromatic nitrogens is 2. The van der Waals surface area contributed by atoms with Gasteiger partial charge in [-0.05, 0) is 43.9 Å². The zero-order valence-electron chi connectivity index (χ0n) is 8.90. The van der Waals surface area contributed by atoms with E-state index in [9.17, 15) is 0 Å². The molecule has 2 N–H and O–H groups in total. The molecule has 15 heavy (non-hydrogen) atoms. The number of anilines is 1. The molecule has 3 heteroatoms. The molecule has 0 atom stereocenters. The summed E-state index contributed by atoms with van der Waals surface area (Å²) in [6, 6.07) is 5.98. The van der Waals surface area contributed by atoms with Gasteiger partial charge in [-0.15, -0.1) is 0 Å². The summed E-state index contributed by atoms with van der Waals surface area (Å²) in [6.45, 7) is 3.19. The lowest BCUT2D eigenvalue weighted by Crippen LogP contribution is -2.01. The van der Waals surface area contributed by atoms with Crippen LogP contribution < -0.4 is 5.73 Å². The van der Waals surface area contributed by atoms with Crippen LogP contribution in [0.1, 0.15) is 18.7 Å². The fraction of sp³-hybridized carbons (Fsp3) is 0.417. The lowest BCUT2D eigenvalue weighted by Gasteiger charge is -2.04. The van der Waals surface area contributed by atoms with Crippen LogP contribution in [0.5, 0.6) is 0 Å². The molecule has 0 spiro atoms. The normalized spacial score (nSPS) is 16.1. The van der Waals surface area contributed by atoms with Gasteiger partial charge in [-0.3, -0.25) is 0 Å². The molecule has 0 saturated heterocycles. The molecule has 0 amide bonds. The summed E-state index contributed by atoms with van der Waals surface area (Å²) < 4.78 is 2.31. The molecule has 1 aliphatic carbocycles. The van der Waals surface area contributed by atoms with E-state index in [0.717, 1.165) is 29.5 Å². The minimum atomic E-state index is 0.790. The Morgan fingerprint density at radius 2 is 2.27 bits per heavy atom. The summed E-state index contributed by atoms with van der Waals surface area (Å²) >= 11 is 0. The second-order valence-corrected chi connectivity index (χ2v) is 4.46. The summed E-state index contributed by atoms with van der Waals surface area (Å²) in [5, 5.41) is 0. The van der Waals surface area contributed by atoms with E-state index < -0.39 is 0 Å². The van der Waals surface area contributed by atoms with Crippen LogP contribution in [0.2, 0.25) is 0 Å². The third kappa shape index (κ3) is 1.48. The second-order valence-electron chi connectivity index (χ2n) is 4.46. The van der Waals surface area contributed by atoms with E-state index in [4.69, 9.17) is 5.73 Å². The molecule has 0 radical (unpaired) electrons. The Hall–Kier alpha value is -1.51. The molecule has 3 rings (SSSR count). The first-order chi connectivity index (χ1) is 7.24. The van der Waals surface area contributed by atoms with Gasteiger partial charge in [-0.25, -0.2) is 4.98 Å². The van der Waals surface area contributed by atoms with Gasteiger partial charge in [0.25, 0.3) is 0 Å². The van der Waals surface area contributed by atoms with Crippen LogP contribution in [-0.2, 0) is 6.54 Å². The molecule has 0 aliphatic heterocycles. The predicted octanol–water partition coefficient (Wildman–Crippen LogP) is 2.34. The highest BCUT2D eigenvalue weighted by molar-refractivity contribution is 5.79. The van der Waals surface area contributed by atoms with Gasteiger partial charge in [0.1, 0.15) is 5.82 Å². The number of hydrogen-bond donors (Lipinski definition) is 1. The number of nitrogens with zero attached hydrogens (tertiary/aromatic N) is 2. The van der Waals surface area contributed by atoms with Gasteiger partial charge in [-0.2, -0.15) is 0 Å². The first kappa shape index (κ1) is 8.77. The van der Waals surface area contributed by atoms with Gasteiger partial charge in [0.15, 0.2) is 0 Å². The van der Waals surface area contributed by atoms with E-state index in [0.29, 0.717) is 0 Å². The Morgan fingerprint density at radius 1 is 1.47 bits per heavy atom. The molecule has 3 nitrogen and oxygen atoms in total. The molecule has 0 bridgehead atoms. The number of aryl methyl sites for hydroxylation is 1. The number of hydrogen-bond acceptors (Lipinski definition) is 2. The topological polar surface area (TPSA) is 43.8 Å². The highest BCUT2D eigenvalue weighted by Gasteiger charge is 2.23. The van der Waals surface area contributed by atoms with E-state index in [1.165, 1.54) is 18.4 Å². The second kappa shape index (κ2) is 2.99. The Kier molecular flexibility index (Phi) is 1.75. The maximum atomic E-state index is 5.75. The molecular weight excluding hydrogens is 186 g/mol. The van der Waals surface area contributed by atoms with Crippen molar-refractivity contribution in [1.29, 1.82) is 0 Å². The van der Waals surface area contributed by atoms with Crippen molar-refractivity contribution in [2.75, 3.05) is 5.73 Å². The zero-order chi connectivity index (χ0) is 10.4. The number of imidazole rings is 1. The molecular formula is C12H15N3. The van der Waals surface area contributed by atoms with Crippen LogP contribution in [0.25, 0.3) is 11.0 Å². The van der Waals surface area contributed by atoms with E-state index in [1.54, 1.807) is 0 Å². The molecule has 0 unspecified atom stereocenters. The summed E-state index contributed by atoms with van der Waals surface area (Å²) in [4.78, 5) is 4.54. The van der Waals surface area contributed by atoms with Crippen LogP contribution in [-0.4, -0.2) is 9.55 Å². The summed E-state index contributed by atoms with van der Waals surface area (Å²) in [6.07, 6.45) is 2.74. The minimum absolute atomic E-state index is 0.790. The summed E-state index contributed by atoms with van der Waals surface area (Å²) in [5.74, 6) is 1.97. The lowest BCUT2D eigenvalue weighted by molar-refractivity contribution is 0.626. The number of nitrogen functional groups attached to an aromatic ring is 1. The fourth-order valence-corrected chi connectivity index (χ4v) is 2.06. The number of rotatable bonds is 2. The van der Waals surface area contributed by atoms with Crippen molar-refractivity contribution in [3.05, 3.63) is 24.0 Å². The molecule has 1 fully saturated rings. The van der Waals surface area contributed by atoms with Crippen molar-refractivity contribution in [2.24, 2.45) is 5.92 Å². The first-order valence-electron chi connectivity index (χ1n) is 5.46. The maximum Gasteiger partial charge on any atom is 0.106 e. The Bertz CT molecular complexity index is 509. The predicted molar refractivity (Wildman–Crippen MR) is 61.6 cm³/mol. The molecule has 78 valence electrons. The van der Waals surface area contributed by atoms with Gasteiger partial charge >= 0.3 is 0 Å². The van der Waals surface area contributed by atoms with Crippen LogP contribution in [0.4, 0.5) is 5.69 Å². The van der Waals surface area contributed by atoms with E-state index in [2.05, 4.69) is 22.5 Å². The monoisotopic (exact) mass is 201 g/mol. The summed E-state index contributed by atoms with van der Waals surface area (Å²) in [5.41, 5.74) is 8.78. The molecule has 2 aromatic rings. The fourth-order valence-electron chi connectivity index (χ4n) is 2.06. The summed E-state index contributed by atoms with van der Waals surface area (Å²) in [7, 11) is 0. The average molecular weight is 201 g/mol. The quantitative estimate of drug-likeness (QED) is 0.758. The van der Waals surface area contributed by atoms with Gasteiger partial charge in [0.2, 0.25) is 0 Å². The number of nitrogens with two attached hydrogens (primary N) is 1. The lowest BCUT2D eigenvalue weighted by atomic mass is 10.3. The van der Waals surface area contributed by atoms with Crippen molar-refractivity contribution in [3.8, 4) is 0 Å². The van der Waals surface area contributed by atoms with Crippen molar-refractivity contribution < 1.29 is 0 Å². The largest absolute Gasteiger partial charge is 0.399 e. The maximum absolute atomic E-state index is 5.75. The molecule has 1 aromatic carbocycles. The van der Waals surface area contributed by atoms with Gasteiger partial charge in [0.05, 0.1) is 11.0 Å². The highest BCUT2D eigenvalue weighted by Crippen LogP contribution is 2.32. The Balaban J connectivity index is 2.13. The van der Waals surface area contributed by atoms with Crippen LogP contribution in [0.15, 0.2) is 18.2 Å². The zero-order valence-corrected chi connectivity index (χ0v) is 8.90. The van der Waals surface area contributed by atoms with Crippen LogP contribution in [0.3, 0.4) is 0 Å². The third-order valence-electron chi connectivity index (χ3n) is 3.10.